The molecule has 4 aromatic rings. The van der Waals surface area contributed by atoms with Crippen molar-refractivity contribution < 1.29 is 9.21 Å². The second-order valence-corrected chi connectivity index (χ2v) is 7.96. The van der Waals surface area contributed by atoms with Crippen LogP contribution in [0.1, 0.15) is 31.0 Å². The average Bonchev–Trinajstić information content (AvgIpc) is 3.32. The lowest BCUT2D eigenvalue weighted by Gasteiger charge is -2.31. The number of carbonyl (C=O) groups is 1. The monoisotopic (exact) mass is 425 g/mol. The Hall–Kier alpha value is -3.13. The highest BCUT2D eigenvalue weighted by Crippen LogP contribution is 2.27. The van der Waals surface area contributed by atoms with E-state index >= 15 is 0 Å². The number of benzene rings is 1. The molecule has 30 heavy (non-hydrogen) atoms. The van der Waals surface area contributed by atoms with E-state index in [0.29, 0.717) is 29.2 Å². The molecule has 1 aliphatic rings. The number of fused-ring (bicyclic) bond motifs is 2. The second-order valence-electron chi connectivity index (χ2n) is 7.52. The molecule has 0 aliphatic carbocycles. The minimum absolute atomic E-state index is 0.0368. The van der Waals surface area contributed by atoms with Crippen molar-refractivity contribution in [1.29, 1.82) is 0 Å². The highest BCUT2D eigenvalue weighted by atomic mass is 35.5. The van der Waals surface area contributed by atoms with Gasteiger partial charge in [-0.15, -0.1) is 10.2 Å². The van der Waals surface area contributed by atoms with Gasteiger partial charge in [0.2, 0.25) is 5.91 Å². The summed E-state index contributed by atoms with van der Waals surface area (Å²) in [5.41, 5.74) is 1.92. The molecule has 0 atom stereocenters. The number of oxazole rings is 1. The molecule has 0 unspecified atom stereocenters. The third-order valence-electron chi connectivity index (χ3n) is 5.73. The SMILES string of the molecule is O=C(CCn1c(=O)oc2cc(Cl)ccc21)N1CCC(c2nnc3ccccn23)CC1. The van der Waals surface area contributed by atoms with E-state index in [4.69, 9.17) is 16.0 Å². The van der Waals surface area contributed by atoms with Gasteiger partial charge in [-0.05, 0) is 37.1 Å². The summed E-state index contributed by atoms with van der Waals surface area (Å²) in [5, 5.41) is 9.09. The third kappa shape index (κ3) is 3.37. The Morgan fingerprint density at radius 3 is 2.83 bits per heavy atom. The predicted molar refractivity (Wildman–Crippen MR) is 112 cm³/mol. The highest BCUT2D eigenvalue weighted by Gasteiger charge is 2.27. The van der Waals surface area contributed by atoms with E-state index < -0.39 is 5.76 Å². The fourth-order valence-corrected chi connectivity index (χ4v) is 4.30. The summed E-state index contributed by atoms with van der Waals surface area (Å²) >= 11 is 5.95. The minimum Gasteiger partial charge on any atom is -0.408 e. The number of aromatic nitrogens is 4. The maximum absolute atomic E-state index is 12.7. The fourth-order valence-electron chi connectivity index (χ4n) is 4.14. The number of amides is 1. The van der Waals surface area contributed by atoms with Gasteiger partial charge in [0.25, 0.3) is 0 Å². The first-order valence-electron chi connectivity index (χ1n) is 9.96. The fraction of sp³-hybridized carbons (Fsp3) is 0.333. The second kappa shape index (κ2) is 7.60. The summed E-state index contributed by atoms with van der Waals surface area (Å²) in [6, 6.07) is 10.9. The molecule has 0 saturated carbocycles. The lowest BCUT2D eigenvalue weighted by Crippen LogP contribution is -2.38. The first kappa shape index (κ1) is 18.9. The van der Waals surface area contributed by atoms with Gasteiger partial charge in [-0.2, -0.15) is 0 Å². The van der Waals surface area contributed by atoms with Gasteiger partial charge in [-0.1, -0.05) is 17.7 Å². The lowest BCUT2D eigenvalue weighted by molar-refractivity contribution is -0.132. The number of halogens is 1. The summed E-state index contributed by atoms with van der Waals surface area (Å²) in [7, 11) is 0. The molecule has 1 amide bonds. The van der Waals surface area contributed by atoms with Crippen LogP contribution in [0.4, 0.5) is 0 Å². The van der Waals surface area contributed by atoms with E-state index in [2.05, 4.69) is 10.2 Å². The van der Waals surface area contributed by atoms with E-state index in [1.807, 2.05) is 33.7 Å². The molecule has 1 fully saturated rings. The van der Waals surface area contributed by atoms with Crippen LogP contribution in [0.15, 0.2) is 51.8 Å². The Bertz CT molecular complexity index is 1280. The normalized spacial score (nSPS) is 15.3. The molecule has 0 radical (unpaired) electrons. The summed E-state index contributed by atoms with van der Waals surface area (Å²) in [6.07, 6.45) is 3.90. The number of nitrogens with zero attached hydrogens (tertiary/aromatic N) is 5. The summed E-state index contributed by atoms with van der Waals surface area (Å²) in [6.45, 7) is 1.62. The number of hydrogen-bond donors (Lipinski definition) is 0. The summed E-state index contributed by atoms with van der Waals surface area (Å²) in [4.78, 5) is 26.7. The van der Waals surface area contributed by atoms with Crippen molar-refractivity contribution in [2.24, 2.45) is 0 Å². The Balaban J connectivity index is 1.22. The molecule has 0 N–H and O–H groups in total. The van der Waals surface area contributed by atoms with Crippen LogP contribution >= 0.6 is 11.6 Å². The molecule has 9 heteroatoms. The zero-order valence-electron chi connectivity index (χ0n) is 16.2. The van der Waals surface area contributed by atoms with Gasteiger partial charge >= 0.3 is 5.76 Å². The minimum atomic E-state index is -0.475. The Kier molecular flexibility index (Phi) is 4.78. The van der Waals surface area contributed by atoms with Gasteiger partial charge in [-0.3, -0.25) is 13.8 Å². The van der Waals surface area contributed by atoms with Crippen molar-refractivity contribution in [2.45, 2.75) is 31.7 Å². The molecule has 1 aliphatic heterocycles. The van der Waals surface area contributed by atoms with Crippen molar-refractivity contribution in [3.8, 4) is 0 Å². The van der Waals surface area contributed by atoms with E-state index in [1.165, 1.54) is 4.57 Å². The molecule has 1 aromatic carbocycles. The van der Waals surface area contributed by atoms with E-state index in [0.717, 1.165) is 24.3 Å². The highest BCUT2D eigenvalue weighted by molar-refractivity contribution is 6.31. The van der Waals surface area contributed by atoms with Crippen LogP contribution in [-0.4, -0.2) is 43.1 Å². The van der Waals surface area contributed by atoms with Gasteiger partial charge in [0, 0.05) is 49.3 Å². The predicted octanol–water partition coefficient (Wildman–Crippen LogP) is 3.09. The molecular weight excluding hydrogens is 406 g/mol. The number of likely N-dealkylation sites (tertiary alicyclic amines) is 1. The first-order chi connectivity index (χ1) is 14.6. The van der Waals surface area contributed by atoms with Crippen molar-refractivity contribution in [2.75, 3.05) is 13.1 Å². The molecule has 0 spiro atoms. The van der Waals surface area contributed by atoms with Gasteiger partial charge in [0.15, 0.2) is 11.2 Å². The van der Waals surface area contributed by atoms with E-state index in [-0.39, 0.29) is 24.8 Å². The van der Waals surface area contributed by atoms with Crippen LogP contribution < -0.4 is 5.76 Å². The van der Waals surface area contributed by atoms with Gasteiger partial charge in [0.05, 0.1) is 5.52 Å². The number of hydrogen-bond acceptors (Lipinski definition) is 5. The number of aryl methyl sites for hydroxylation is 1. The Morgan fingerprint density at radius 2 is 2.00 bits per heavy atom. The summed E-state index contributed by atoms with van der Waals surface area (Å²) < 4.78 is 8.73. The molecule has 3 aromatic heterocycles. The molecule has 8 nitrogen and oxygen atoms in total. The average molecular weight is 426 g/mol. The number of rotatable bonds is 4. The zero-order valence-corrected chi connectivity index (χ0v) is 17.0. The Labute approximate surface area is 176 Å². The maximum Gasteiger partial charge on any atom is 0.419 e. The van der Waals surface area contributed by atoms with Crippen molar-refractivity contribution in [3.05, 3.63) is 64.0 Å². The number of pyridine rings is 1. The third-order valence-corrected chi connectivity index (χ3v) is 5.97. The first-order valence-corrected chi connectivity index (χ1v) is 10.3. The van der Waals surface area contributed by atoms with Crippen LogP contribution in [-0.2, 0) is 11.3 Å². The molecular formula is C21H20ClN5O3. The molecule has 4 heterocycles. The van der Waals surface area contributed by atoms with E-state index in [9.17, 15) is 9.59 Å². The maximum atomic E-state index is 12.7. The summed E-state index contributed by atoms with van der Waals surface area (Å²) in [5.74, 6) is 0.789. The zero-order chi connectivity index (χ0) is 20.7. The Morgan fingerprint density at radius 1 is 1.17 bits per heavy atom. The smallest absolute Gasteiger partial charge is 0.408 e. The standard InChI is InChI=1S/C21H20ClN5O3/c22-15-4-5-16-17(13-15)30-21(29)26(16)12-8-19(28)25-10-6-14(7-11-25)20-24-23-18-3-1-2-9-27(18)20/h1-5,9,13-14H,6-8,10-12H2. The van der Waals surface area contributed by atoms with Crippen LogP contribution in [0.25, 0.3) is 16.7 Å². The quantitative estimate of drug-likeness (QED) is 0.501. The van der Waals surface area contributed by atoms with Crippen LogP contribution in [0.2, 0.25) is 5.02 Å². The topological polar surface area (TPSA) is 85.6 Å². The van der Waals surface area contributed by atoms with Gasteiger partial charge in [0.1, 0.15) is 5.82 Å². The van der Waals surface area contributed by atoms with E-state index in [1.54, 1.807) is 18.2 Å². The number of piperidine rings is 1. The van der Waals surface area contributed by atoms with Crippen LogP contribution in [0.3, 0.4) is 0 Å². The number of carbonyl (C=O) groups excluding carboxylic acids is 1. The van der Waals surface area contributed by atoms with Crippen LogP contribution in [0.5, 0.6) is 0 Å². The molecule has 0 bridgehead atoms. The largest absolute Gasteiger partial charge is 0.419 e. The van der Waals surface area contributed by atoms with Crippen molar-refractivity contribution >= 4 is 34.3 Å². The van der Waals surface area contributed by atoms with Crippen molar-refractivity contribution in [1.82, 2.24) is 24.1 Å². The van der Waals surface area contributed by atoms with Gasteiger partial charge < -0.3 is 9.32 Å². The molecule has 154 valence electrons. The van der Waals surface area contributed by atoms with Gasteiger partial charge in [-0.25, -0.2) is 4.79 Å². The molecule has 5 rings (SSSR count). The lowest BCUT2D eigenvalue weighted by atomic mass is 9.95. The van der Waals surface area contributed by atoms with Crippen LogP contribution in [0, 0.1) is 0 Å². The van der Waals surface area contributed by atoms with Crippen molar-refractivity contribution in [3.63, 3.8) is 0 Å². The molecule has 1 saturated heterocycles.